The number of fused-ring (bicyclic) bond motifs is 1. The minimum atomic E-state index is -0.566. The van der Waals surface area contributed by atoms with Gasteiger partial charge in [-0.2, -0.15) is 0 Å². The van der Waals surface area contributed by atoms with Crippen molar-refractivity contribution in [3.8, 4) is 0 Å². The molecule has 0 radical (unpaired) electrons. The van der Waals surface area contributed by atoms with E-state index in [1.807, 2.05) is 26.8 Å². The van der Waals surface area contributed by atoms with Gasteiger partial charge in [0.1, 0.15) is 16.0 Å². The number of aromatic nitrogens is 1. The Morgan fingerprint density at radius 3 is 2.52 bits per heavy atom. The SMILES string of the molecule is CC(C)(C)OC(=O)N1CC(C)(C)c2nc(Br)c(Cc3ccc(F)cc3)cc21. The van der Waals surface area contributed by atoms with Gasteiger partial charge in [-0.15, -0.1) is 0 Å². The van der Waals surface area contributed by atoms with Crippen LogP contribution in [0.5, 0.6) is 0 Å². The summed E-state index contributed by atoms with van der Waals surface area (Å²) in [7, 11) is 0. The molecule has 0 spiro atoms. The molecule has 1 aliphatic heterocycles. The van der Waals surface area contributed by atoms with Gasteiger partial charge in [-0.25, -0.2) is 14.2 Å². The van der Waals surface area contributed by atoms with Crippen molar-refractivity contribution in [1.82, 2.24) is 4.98 Å². The van der Waals surface area contributed by atoms with Gasteiger partial charge >= 0.3 is 6.09 Å². The van der Waals surface area contributed by atoms with Crippen LogP contribution >= 0.6 is 15.9 Å². The van der Waals surface area contributed by atoms with E-state index in [2.05, 4.69) is 29.8 Å². The predicted molar refractivity (Wildman–Crippen MR) is 108 cm³/mol. The highest BCUT2D eigenvalue weighted by Gasteiger charge is 2.41. The van der Waals surface area contributed by atoms with E-state index in [0.29, 0.717) is 13.0 Å². The summed E-state index contributed by atoms with van der Waals surface area (Å²) < 4.78 is 19.5. The van der Waals surface area contributed by atoms with E-state index in [0.717, 1.165) is 27.1 Å². The molecule has 1 aliphatic rings. The second-order valence-corrected chi connectivity index (χ2v) is 9.31. The molecule has 0 atom stereocenters. The minimum absolute atomic E-state index is 0.261. The Hall–Kier alpha value is -1.95. The molecule has 1 aromatic carbocycles. The zero-order valence-electron chi connectivity index (χ0n) is 16.3. The van der Waals surface area contributed by atoms with Gasteiger partial charge in [-0.05, 0) is 66.0 Å². The topological polar surface area (TPSA) is 42.4 Å². The molecule has 6 heteroatoms. The first-order chi connectivity index (χ1) is 12.5. The van der Waals surface area contributed by atoms with Crippen molar-refractivity contribution in [1.29, 1.82) is 0 Å². The van der Waals surface area contributed by atoms with Gasteiger partial charge in [0.2, 0.25) is 0 Å². The Labute approximate surface area is 167 Å². The lowest BCUT2D eigenvalue weighted by Gasteiger charge is -2.25. The Morgan fingerprint density at radius 2 is 1.93 bits per heavy atom. The summed E-state index contributed by atoms with van der Waals surface area (Å²) in [6.07, 6.45) is 0.218. The number of anilines is 1. The first-order valence-corrected chi connectivity index (χ1v) is 9.70. The van der Waals surface area contributed by atoms with Crippen molar-refractivity contribution in [2.75, 3.05) is 11.4 Å². The highest BCUT2D eigenvalue weighted by atomic mass is 79.9. The molecule has 144 valence electrons. The molecule has 0 saturated carbocycles. The van der Waals surface area contributed by atoms with E-state index >= 15 is 0 Å². The van der Waals surface area contributed by atoms with Gasteiger partial charge in [0, 0.05) is 18.4 Å². The monoisotopic (exact) mass is 434 g/mol. The average Bonchev–Trinajstić information content (AvgIpc) is 2.80. The van der Waals surface area contributed by atoms with Crippen molar-refractivity contribution >= 4 is 27.7 Å². The van der Waals surface area contributed by atoms with E-state index < -0.39 is 5.60 Å². The van der Waals surface area contributed by atoms with Crippen LogP contribution in [0.1, 0.15) is 51.4 Å². The maximum atomic E-state index is 13.2. The van der Waals surface area contributed by atoms with Gasteiger partial charge in [0.15, 0.2) is 0 Å². The summed E-state index contributed by atoms with van der Waals surface area (Å²) in [6, 6.07) is 8.38. The molecular formula is C21H24BrFN2O2. The molecule has 2 aromatic rings. The van der Waals surface area contributed by atoms with E-state index in [4.69, 9.17) is 9.72 Å². The molecular weight excluding hydrogens is 411 g/mol. The Morgan fingerprint density at radius 1 is 1.30 bits per heavy atom. The zero-order valence-corrected chi connectivity index (χ0v) is 17.9. The maximum absolute atomic E-state index is 13.2. The number of benzene rings is 1. The van der Waals surface area contributed by atoms with Gasteiger partial charge < -0.3 is 4.74 Å². The van der Waals surface area contributed by atoms with Crippen LogP contribution in [-0.4, -0.2) is 23.2 Å². The van der Waals surface area contributed by atoms with Crippen LogP contribution < -0.4 is 4.90 Å². The third kappa shape index (κ3) is 4.32. The Bertz CT molecular complexity index is 873. The predicted octanol–water partition coefficient (Wildman–Crippen LogP) is 5.61. The Balaban J connectivity index is 1.97. The van der Waals surface area contributed by atoms with Gasteiger partial charge in [-0.3, -0.25) is 4.90 Å². The number of hydrogen-bond acceptors (Lipinski definition) is 3. The normalized spacial score (nSPS) is 15.6. The van der Waals surface area contributed by atoms with Crippen LogP contribution in [0.2, 0.25) is 0 Å². The molecule has 0 fully saturated rings. The molecule has 1 amide bonds. The number of hydrogen-bond donors (Lipinski definition) is 0. The number of halogens is 2. The number of amides is 1. The van der Waals surface area contributed by atoms with Gasteiger partial charge in [0.05, 0.1) is 11.4 Å². The first-order valence-electron chi connectivity index (χ1n) is 8.91. The molecule has 2 heterocycles. The van der Waals surface area contributed by atoms with E-state index in [1.165, 1.54) is 12.1 Å². The standard InChI is InChI=1S/C21H24BrFN2O2/c1-20(2,3)27-19(26)25-12-21(4,5)17-16(25)11-14(18(22)24-17)10-13-6-8-15(23)9-7-13/h6-9,11H,10,12H2,1-5H3. The van der Waals surface area contributed by atoms with E-state index in [9.17, 15) is 9.18 Å². The zero-order chi connectivity index (χ0) is 20.0. The van der Waals surface area contributed by atoms with Crippen LogP contribution in [0.25, 0.3) is 0 Å². The molecule has 0 aliphatic carbocycles. The lowest BCUT2D eigenvalue weighted by Crippen LogP contribution is -2.38. The van der Waals surface area contributed by atoms with Gasteiger partial charge in [0.25, 0.3) is 0 Å². The summed E-state index contributed by atoms with van der Waals surface area (Å²) in [6.45, 7) is 10.2. The summed E-state index contributed by atoms with van der Waals surface area (Å²) in [5.41, 5.74) is 2.71. The third-order valence-corrected chi connectivity index (χ3v) is 5.12. The summed E-state index contributed by atoms with van der Waals surface area (Å²) in [5, 5.41) is 0. The number of nitrogens with zero attached hydrogens (tertiary/aromatic N) is 2. The third-order valence-electron chi connectivity index (χ3n) is 4.44. The number of pyridine rings is 1. The highest BCUT2D eigenvalue weighted by molar-refractivity contribution is 9.10. The van der Waals surface area contributed by atoms with Crippen molar-refractivity contribution < 1.29 is 13.9 Å². The smallest absolute Gasteiger partial charge is 0.414 e. The minimum Gasteiger partial charge on any atom is -0.443 e. The first kappa shape index (κ1) is 19.8. The van der Waals surface area contributed by atoms with Crippen LogP contribution in [0.15, 0.2) is 34.9 Å². The molecule has 0 unspecified atom stereocenters. The van der Waals surface area contributed by atoms with Crippen molar-refractivity contribution in [2.24, 2.45) is 0 Å². The van der Waals surface area contributed by atoms with E-state index in [1.54, 1.807) is 17.0 Å². The molecule has 3 rings (SSSR count). The molecule has 27 heavy (non-hydrogen) atoms. The maximum Gasteiger partial charge on any atom is 0.414 e. The fraction of sp³-hybridized carbons (Fsp3) is 0.429. The van der Waals surface area contributed by atoms with E-state index in [-0.39, 0.29) is 17.3 Å². The van der Waals surface area contributed by atoms with Crippen molar-refractivity contribution in [3.63, 3.8) is 0 Å². The van der Waals surface area contributed by atoms with Gasteiger partial charge in [-0.1, -0.05) is 26.0 Å². The fourth-order valence-corrected chi connectivity index (χ4v) is 3.64. The molecule has 0 saturated heterocycles. The molecule has 0 N–H and O–H groups in total. The molecule has 1 aromatic heterocycles. The number of carbonyl (C=O) groups is 1. The molecule has 4 nitrogen and oxygen atoms in total. The second-order valence-electron chi connectivity index (χ2n) is 8.56. The molecule has 0 bridgehead atoms. The highest BCUT2D eigenvalue weighted by Crippen LogP contribution is 2.42. The lowest BCUT2D eigenvalue weighted by molar-refractivity contribution is 0.0579. The van der Waals surface area contributed by atoms with Crippen LogP contribution in [0.3, 0.4) is 0 Å². The average molecular weight is 435 g/mol. The second kappa shape index (κ2) is 6.89. The number of rotatable bonds is 2. The summed E-state index contributed by atoms with van der Waals surface area (Å²) in [5.74, 6) is -0.261. The quantitative estimate of drug-likeness (QED) is 0.577. The Kier molecular flexibility index (Phi) is 5.06. The number of ether oxygens (including phenoxy) is 1. The fourth-order valence-electron chi connectivity index (χ4n) is 3.21. The van der Waals surface area contributed by atoms with Crippen LogP contribution in [-0.2, 0) is 16.6 Å². The summed E-state index contributed by atoms with van der Waals surface area (Å²) >= 11 is 3.56. The largest absolute Gasteiger partial charge is 0.443 e. The number of carbonyl (C=O) groups excluding carboxylic acids is 1. The van der Waals surface area contributed by atoms with Crippen molar-refractivity contribution in [2.45, 2.75) is 52.1 Å². The van der Waals surface area contributed by atoms with Crippen molar-refractivity contribution in [3.05, 3.63) is 57.6 Å². The summed E-state index contributed by atoms with van der Waals surface area (Å²) in [4.78, 5) is 19.1. The lowest BCUT2D eigenvalue weighted by atomic mass is 9.91. The van der Waals surface area contributed by atoms with Crippen LogP contribution in [0.4, 0.5) is 14.9 Å². The van der Waals surface area contributed by atoms with Crippen LogP contribution in [0, 0.1) is 5.82 Å².